The summed E-state index contributed by atoms with van der Waals surface area (Å²) in [5, 5.41) is 3.78. The number of hydrogen-bond donors (Lipinski definition) is 0. The molecular formula is C11H17NO. The zero-order chi connectivity index (χ0) is 8.93. The first-order valence-corrected chi connectivity index (χ1v) is 5.37. The molecular weight excluding hydrogens is 162 g/mol. The summed E-state index contributed by atoms with van der Waals surface area (Å²) >= 11 is 0. The van der Waals surface area contributed by atoms with Gasteiger partial charge in [0.1, 0.15) is 5.76 Å². The fraction of sp³-hybridized carbons (Fsp3) is 0.727. The first-order valence-electron chi connectivity index (χ1n) is 5.37. The molecule has 0 saturated heterocycles. The second-order valence-electron chi connectivity index (χ2n) is 3.96. The van der Waals surface area contributed by atoms with Crippen LogP contribution in [-0.2, 0) is 0 Å². The molecule has 0 radical (unpaired) electrons. The lowest BCUT2D eigenvalue weighted by Crippen LogP contribution is -2.00. The summed E-state index contributed by atoms with van der Waals surface area (Å²) in [5.41, 5.74) is 0. The fourth-order valence-electron chi connectivity index (χ4n) is 2.18. The number of aromatic nitrogens is 1. The average Bonchev–Trinajstić information content (AvgIpc) is 2.55. The highest BCUT2D eigenvalue weighted by molar-refractivity contribution is 5.01. The molecule has 0 amide bonds. The number of rotatable bonds is 1. The maximum Gasteiger partial charge on any atom is 0.139 e. The van der Waals surface area contributed by atoms with Crippen LogP contribution in [0, 0.1) is 0 Å². The molecule has 1 aromatic heterocycles. The molecule has 0 atom stereocenters. The second-order valence-corrected chi connectivity index (χ2v) is 3.96. The minimum atomic E-state index is 0.641. The van der Waals surface area contributed by atoms with E-state index in [1.807, 2.05) is 6.07 Å². The van der Waals surface area contributed by atoms with Gasteiger partial charge in [0.25, 0.3) is 0 Å². The molecule has 1 aromatic rings. The summed E-state index contributed by atoms with van der Waals surface area (Å²) in [5.74, 6) is 1.74. The summed E-state index contributed by atoms with van der Waals surface area (Å²) in [6.07, 6.45) is 11.2. The maximum absolute atomic E-state index is 5.22. The maximum atomic E-state index is 5.22. The predicted molar refractivity (Wildman–Crippen MR) is 51.6 cm³/mol. The zero-order valence-electron chi connectivity index (χ0n) is 8.04. The average molecular weight is 179 g/mol. The highest BCUT2D eigenvalue weighted by atomic mass is 16.5. The summed E-state index contributed by atoms with van der Waals surface area (Å²) < 4.78 is 5.22. The van der Waals surface area contributed by atoms with Crippen LogP contribution in [0.1, 0.15) is 56.6 Å². The lowest BCUT2D eigenvalue weighted by Gasteiger charge is -2.16. The molecule has 2 rings (SSSR count). The third kappa shape index (κ3) is 2.33. The summed E-state index contributed by atoms with van der Waals surface area (Å²) in [4.78, 5) is 0. The van der Waals surface area contributed by atoms with E-state index in [9.17, 15) is 0 Å². The Kier molecular flexibility index (Phi) is 3.01. The normalized spacial score (nSPS) is 20.9. The Labute approximate surface area is 79.3 Å². The van der Waals surface area contributed by atoms with Crippen LogP contribution in [0.15, 0.2) is 16.8 Å². The summed E-state index contributed by atoms with van der Waals surface area (Å²) in [6, 6.07) is 2.02. The minimum absolute atomic E-state index is 0.641. The van der Waals surface area contributed by atoms with Gasteiger partial charge in [-0.3, -0.25) is 0 Å². The highest BCUT2D eigenvalue weighted by Gasteiger charge is 2.16. The molecule has 0 aromatic carbocycles. The second kappa shape index (κ2) is 4.45. The quantitative estimate of drug-likeness (QED) is 0.659. The Bertz CT molecular complexity index is 222. The van der Waals surface area contributed by atoms with E-state index in [-0.39, 0.29) is 0 Å². The molecule has 1 heterocycles. The van der Waals surface area contributed by atoms with Crippen molar-refractivity contribution in [2.45, 2.75) is 50.9 Å². The Morgan fingerprint density at radius 1 is 1.08 bits per heavy atom. The summed E-state index contributed by atoms with van der Waals surface area (Å²) in [6.45, 7) is 0. The first-order chi connectivity index (χ1) is 6.47. The van der Waals surface area contributed by atoms with Gasteiger partial charge in [-0.2, -0.15) is 0 Å². The van der Waals surface area contributed by atoms with Gasteiger partial charge in [-0.05, 0) is 12.8 Å². The van der Waals surface area contributed by atoms with Gasteiger partial charge >= 0.3 is 0 Å². The van der Waals surface area contributed by atoms with E-state index in [0.29, 0.717) is 5.92 Å². The van der Waals surface area contributed by atoms with Crippen molar-refractivity contribution in [1.29, 1.82) is 0 Å². The topological polar surface area (TPSA) is 26.0 Å². The number of nitrogens with zero attached hydrogens (tertiary/aromatic N) is 1. The molecule has 0 bridgehead atoms. The zero-order valence-corrected chi connectivity index (χ0v) is 8.04. The van der Waals surface area contributed by atoms with E-state index in [0.717, 1.165) is 5.76 Å². The SMILES string of the molecule is c1cc(C2CCCCCCC2)on1. The van der Waals surface area contributed by atoms with E-state index in [4.69, 9.17) is 4.52 Å². The largest absolute Gasteiger partial charge is 0.361 e. The lowest BCUT2D eigenvalue weighted by molar-refractivity contribution is 0.330. The van der Waals surface area contributed by atoms with Crippen LogP contribution in [0.2, 0.25) is 0 Å². The van der Waals surface area contributed by atoms with Gasteiger partial charge in [0, 0.05) is 12.0 Å². The third-order valence-electron chi connectivity index (χ3n) is 2.97. The molecule has 0 spiro atoms. The van der Waals surface area contributed by atoms with Crippen LogP contribution in [0.5, 0.6) is 0 Å². The fourth-order valence-corrected chi connectivity index (χ4v) is 2.18. The van der Waals surface area contributed by atoms with Gasteiger partial charge in [0.15, 0.2) is 0 Å². The van der Waals surface area contributed by atoms with E-state index < -0.39 is 0 Å². The third-order valence-corrected chi connectivity index (χ3v) is 2.97. The van der Waals surface area contributed by atoms with Crippen molar-refractivity contribution in [1.82, 2.24) is 5.16 Å². The smallest absolute Gasteiger partial charge is 0.139 e. The van der Waals surface area contributed by atoms with Gasteiger partial charge in [-0.25, -0.2) is 0 Å². The summed E-state index contributed by atoms with van der Waals surface area (Å²) in [7, 11) is 0. The van der Waals surface area contributed by atoms with Gasteiger partial charge in [0.05, 0.1) is 6.20 Å². The minimum Gasteiger partial charge on any atom is -0.361 e. The van der Waals surface area contributed by atoms with E-state index >= 15 is 0 Å². The van der Waals surface area contributed by atoms with Crippen LogP contribution in [0.25, 0.3) is 0 Å². The molecule has 1 saturated carbocycles. The Morgan fingerprint density at radius 3 is 2.38 bits per heavy atom. The van der Waals surface area contributed by atoms with Crippen molar-refractivity contribution in [3.8, 4) is 0 Å². The molecule has 72 valence electrons. The van der Waals surface area contributed by atoms with Gasteiger partial charge in [-0.15, -0.1) is 0 Å². The Morgan fingerprint density at radius 2 is 1.77 bits per heavy atom. The monoisotopic (exact) mass is 179 g/mol. The molecule has 1 aliphatic carbocycles. The lowest BCUT2D eigenvalue weighted by atomic mass is 9.89. The van der Waals surface area contributed by atoms with Crippen LogP contribution >= 0.6 is 0 Å². The van der Waals surface area contributed by atoms with Crippen LogP contribution < -0.4 is 0 Å². The first kappa shape index (κ1) is 8.79. The van der Waals surface area contributed by atoms with E-state index in [1.165, 1.54) is 44.9 Å². The van der Waals surface area contributed by atoms with Crippen molar-refractivity contribution < 1.29 is 4.52 Å². The van der Waals surface area contributed by atoms with Crippen molar-refractivity contribution in [2.24, 2.45) is 0 Å². The van der Waals surface area contributed by atoms with Crippen molar-refractivity contribution >= 4 is 0 Å². The molecule has 0 aliphatic heterocycles. The molecule has 2 nitrogen and oxygen atoms in total. The molecule has 1 aliphatic rings. The highest BCUT2D eigenvalue weighted by Crippen LogP contribution is 2.30. The molecule has 0 N–H and O–H groups in total. The van der Waals surface area contributed by atoms with Crippen LogP contribution in [0.4, 0.5) is 0 Å². The van der Waals surface area contributed by atoms with Gasteiger partial charge in [0.2, 0.25) is 0 Å². The Balaban J connectivity index is 1.96. The molecule has 13 heavy (non-hydrogen) atoms. The molecule has 0 unspecified atom stereocenters. The molecule has 2 heteroatoms. The van der Waals surface area contributed by atoms with Gasteiger partial charge < -0.3 is 4.52 Å². The van der Waals surface area contributed by atoms with Crippen LogP contribution in [0.3, 0.4) is 0 Å². The van der Waals surface area contributed by atoms with Gasteiger partial charge in [-0.1, -0.05) is 37.3 Å². The van der Waals surface area contributed by atoms with Crippen molar-refractivity contribution in [3.05, 3.63) is 18.0 Å². The predicted octanol–water partition coefficient (Wildman–Crippen LogP) is 3.50. The van der Waals surface area contributed by atoms with E-state index in [1.54, 1.807) is 6.20 Å². The Hall–Kier alpha value is -0.790. The van der Waals surface area contributed by atoms with Crippen molar-refractivity contribution in [3.63, 3.8) is 0 Å². The standard InChI is InChI=1S/C11H17NO/c1-2-4-6-10(7-5-3-1)11-8-9-12-13-11/h8-10H,1-7H2. The number of hydrogen-bond acceptors (Lipinski definition) is 2. The van der Waals surface area contributed by atoms with Crippen LogP contribution in [-0.4, -0.2) is 5.16 Å². The van der Waals surface area contributed by atoms with Crippen molar-refractivity contribution in [2.75, 3.05) is 0 Å². The molecule has 1 fully saturated rings. The van der Waals surface area contributed by atoms with E-state index in [2.05, 4.69) is 5.16 Å².